The minimum Gasteiger partial charge on any atom is -0.383 e. The summed E-state index contributed by atoms with van der Waals surface area (Å²) in [5.41, 5.74) is 3.44. The molecule has 1 unspecified atom stereocenters. The molecule has 2 atom stereocenters. The smallest absolute Gasteiger partial charge is 0.320 e. The van der Waals surface area contributed by atoms with Crippen molar-refractivity contribution < 1.29 is 9.53 Å². The van der Waals surface area contributed by atoms with E-state index in [2.05, 4.69) is 25.9 Å². The number of likely N-dealkylation sites (tertiary alicyclic amines) is 1. The summed E-state index contributed by atoms with van der Waals surface area (Å²) in [6.45, 7) is 5.19. The Morgan fingerprint density at radius 1 is 1.29 bits per heavy atom. The largest absolute Gasteiger partial charge is 0.383 e. The van der Waals surface area contributed by atoms with Crippen molar-refractivity contribution in [2.24, 2.45) is 7.05 Å². The number of nitrogens with one attached hydrogen (secondary N) is 3. The lowest BCUT2D eigenvalue weighted by atomic mass is 10.1. The number of aromatic nitrogens is 4. The molecule has 10 heteroatoms. The van der Waals surface area contributed by atoms with Crippen molar-refractivity contribution in [3.05, 3.63) is 48.3 Å². The molecule has 3 aromatic rings. The van der Waals surface area contributed by atoms with E-state index < -0.39 is 0 Å². The quantitative estimate of drug-likeness (QED) is 0.446. The van der Waals surface area contributed by atoms with Crippen LogP contribution in [0.3, 0.4) is 0 Å². The second-order valence-electron chi connectivity index (χ2n) is 8.72. The summed E-state index contributed by atoms with van der Waals surface area (Å²) in [4.78, 5) is 15.4. The summed E-state index contributed by atoms with van der Waals surface area (Å²) >= 11 is 0. The number of carbonyl (C=O) groups excluding carboxylic acids is 1. The van der Waals surface area contributed by atoms with Crippen LogP contribution < -0.4 is 16.0 Å². The van der Waals surface area contributed by atoms with Crippen molar-refractivity contribution in [3.63, 3.8) is 0 Å². The molecule has 1 aliphatic rings. The number of methoxy groups -OCH3 is 1. The van der Waals surface area contributed by atoms with E-state index in [1.165, 1.54) is 0 Å². The highest BCUT2D eigenvalue weighted by Gasteiger charge is 2.29. The first-order valence-electron chi connectivity index (χ1n) is 11.6. The molecule has 0 saturated carbocycles. The first-order valence-corrected chi connectivity index (χ1v) is 11.6. The van der Waals surface area contributed by atoms with Gasteiger partial charge in [0, 0.05) is 63.2 Å². The maximum Gasteiger partial charge on any atom is 0.320 e. The molecule has 2 aromatic heterocycles. The maximum atomic E-state index is 13.0. The maximum absolute atomic E-state index is 13.0. The molecule has 1 saturated heterocycles. The predicted octanol–water partition coefficient (Wildman–Crippen LogP) is 2.01. The van der Waals surface area contributed by atoms with Gasteiger partial charge in [0.25, 0.3) is 0 Å². The number of aryl methyl sites for hydroxylation is 1. The zero-order valence-corrected chi connectivity index (χ0v) is 20.3. The van der Waals surface area contributed by atoms with Crippen molar-refractivity contribution in [3.8, 4) is 16.9 Å². The number of carbonyl (C=O) groups is 1. The van der Waals surface area contributed by atoms with E-state index in [9.17, 15) is 4.79 Å². The van der Waals surface area contributed by atoms with Crippen LogP contribution in [0.4, 0.5) is 10.6 Å². The van der Waals surface area contributed by atoms with Crippen LogP contribution in [0, 0.1) is 6.92 Å². The Morgan fingerprint density at radius 3 is 2.76 bits per heavy atom. The summed E-state index contributed by atoms with van der Waals surface area (Å²) in [5, 5.41) is 18.5. The average molecular weight is 467 g/mol. The average Bonchev–Trinajstić information content (AvgIpc) is 3.54. The monoisotopic (exact) mass is 466 g/mol. The number of likely N-dealkylation sites (N-methyl/N-ethyl adjacent to an activating group) is 1. The molecule has 1 aromatic carbocycles. The number of ether oxygens (including phenoxy) is 1. The Bertz CT molecular complexity index is 1090. The van der Waals surface area contributed by atoms with Crippen molar-refractivity contribution in [2.75, 3.05) is 45.7 Å². The van der Waals surface area contributed by atoms with Gasteiger partial charge in [0.15, 0.2) is 0 Å². The number of hydrogen-bond acceptors (Lipinski definition) is 6. The molecule has 10 nitrogen and oxygen atoms in total. The summed E-state index contributed by atoms with van der Waals surface area (Å²) in [6, 6.07) is 9.92. The summed E-state index contributed by atoms with van der Waals surface area (Å²) in [7, 11) is 5.54. The minimum absolute atomic E-state index is 0.0717. The Hall–Kier alpha value is -3.21. The number of hydrogen-bond donors (Lipinski definition) is 3. The third kappa shape index (κ3) is 5.30. The fourth-order valence-electron chi connectivity index (χ4n) is 4.50. The standard InChI is InChI=1S/C24H34N8O2/c1-17-22(18-12-26-30(3)14-18)29-32(20-8-6-5-7-9-20)23(17)28-24(33)27-19-10-11-31(15-19)21(13-25-2)16-34-4/h5-9,12,14,19,21,25H,10-11,13,15-16H2,1-4H3,(H2,27,28,33)/t19-,21?/m0/s1. The van der Waals surface area contributed by atoms with E-state index in [1.54, 1.807) is 22.7 Å². The zero-order chi connectivity index (χ0) is 24.1. The van der Waals surface area contributed by atoms with Crippen LogP contribution >= 0.6 is 0 Å². The Balaban J connectivity index is 1.51. The molecule has 182 valence electrons. The molecule has 3 heterocycles. The Morgan fingerprint density at radius 2 is 2.09 bits per heavy atom. The normalized spacial score (nSPS) is 17.1. The van der Waals surface area contributed by atoms with Crippen molar-refractivity contribution in [1.29, 1.82) is 0 Å². The highest BCUT2D eigenvalue weighted by Crippen LogP contribution is 2.30. The molecule has 1 aliphatic heterocycles. The summed E-state index contributed by atoms with van der Waals surface area (Å²) in [5.74, 6) is 0.643. The molecule has 1 fully saturated rings. The molecule has 0 aliphatic carbocycles. The molecule has 0 radical (unpaired) electrons. The van der Waals surface area contributed by atoms with E-state index in [0.717, 1.165) is 48.6 Å². The van der Waals surface area contributed by atoms with Gasteiger partial charge in [0.05, 0.1) is 18.5 Å². The molecule has 0 spiro atoms. The van der Waals surface area contributed by atoms with E-state index in [1.807, 2.05) is 57.5 Å². The van der Waals surface area contributed by atoms with Crippen LogP contribution in [0.1, 0.15) is 12.0 Å². The van der Waals surface area contributed by atoms with Crippen molar-refractivity contribution in [1.82, 2.24) is 35.1 Å². The number of benzene rings is 1. The van der Waals surface area contributed by atoms with Gasteiger partial charge in [0.2, 0.25) is 0 Å². The van der Waals surface area contributed by atoms with Gasteiger partial charge in [-0.3, -0.25) is 14.9 Å². The lowest BCUT2D eigenvalue weighted by Crippen LogP contribution is -2.46. The van der Waals surface area contributed by atoms with E-state index in [0.29, 0.717) is 12.4 Å². The van der Waals surface area contributed by atoms with Crippen LogP contribution in [0.2, 0.25) is 0 Å². The SMILES string of the molecule is CNCC(COC)N1CC[C@H](NC(=O)Nc2c(C)c(-c3cnn(C)c3)nn2-c2ccccc2)C1. The molecule has 4 rings (SSSR count). The van der Waals surface area contributed by atoms with Crippen LogP contribution in [-0.4, -0.2) is 83.0 Å². The summed E-state index contributed by atoms with van der Waals surface area (Å²) in [6.07, 6.45) is 4.60. The fraction of sp³-hybridized carbons (Fsp3) is 0.458. The summed E-state index contributed by atoms with van der Waals surface area (Å²) < 4.78 is 8.90. The second-order valence-corrected chi connectivity index (χ2v) is 8.72. The van der Waals surface area contributed by atoms with Gasteiger partial charge in [-0.25, -0.2) is 9.48 Å². The Kier molecular flexibility index (Phi) is 7.61. The highest BCUT2D eigenvalue weighted by atomic mass is 16.5. The molecule has 0 bridgehead atoms. The number of anilines is 1. The molecule has 3 N–H and O–H groups in total. The Labute approximate surface area is 200 Å². The van der Waals surface area contributed by atoms with Gasteiger partial charge in [-0.2, -0.15) is 10.2 Å². The van der Waals surface area contributed by atoms with Gasteiger partial charge in [-0.1, -0.05) is 18.2 Å². The molecule has 2 amide bonds. The van der Waals surface area contributed by atoms with Crippen LogP contribution in [0.5, 0.6) is 0 Å². The van der Waals surface area contributed by atoms with Crippen molar-refractivity contribution >= 4 is 11.8 Å². The van der Waals surface area contributed by atoms with Gasteiger partial charge in [-0.15, -0.1) is 0 Å². The van der Waals surface area contributed by atoms with Gasteiger partial charge < -0.3 is 15.4 Å². The second kappa shape index (κ2) is 10.8. The van der Waals surface area contributed by atoms with Gasteiger partial charge >= 0.3 is 6.03 Å². The number of amides is 2. The third-order valence-corrected chi connectivity index (χ3v) is 6.20. The molecular weight excluding hydrogens is 432 g/mol. The zero-order valence-electron chi connectivity index (χ0n) is 20.3. The van der Waals surface area contributed by atoms with E-state index in [4.69, 9.17) is 9.84 Å². The van der Waals surface area contributed by atoms with Crippen molar-refractivity contribution in [2.45, 2.75) is 25.4 Å². The molecular formula is C24H34N8O2. The topological polar surface area (TPSA) is 101 Å². The number of nitrogens with zero attached hydrogens (tertiary/aromatic N) is 5. The number of para-hydroxylation sites is 1. The van der Waals surface area contributed by atoms with Gasteiger partial charge in [-0.05, 0) is 32.5 Å². The van der Waals surface area contributed by atoms with Gasteiger partial charge in [0.1, 0.15) is 11.5 Å². The first kappa shape index (κ1) is 23.9. The lowest BCUT2D eigenvalue weighted by Gasteiger charge is -2.27. The molecule has 34 heavy (non-hydrogen) atoms. The van der Waals surface area contributed by atoms with Crippen LogP contribution in [0.15, 0.2) is 42.7 Å². The number of urea groups is 1. The lowest BCUT2D eigenvalue weighted by molar-refractivity contribution is 0.104. The van der Waals surface area contributed by atoms with E-state index in [-0.39, 0.29) is 18.1 Å². The van der Waals surface area contributed by atoms with Crippen LogP contribution in [0.25, 0.3) is 16.9 Å². The fourth-order valence-corrected chi connectivity index (χ4v) is 4.50. The minimum atomic E-state index is -0.235. The van der Waals surface area contributed by atoms with Crippen LogP contribution in [-0.2, 0) is 11.8 Å². The number of rotatable bonds is 9. The third-order valence-electron chi connectivity index (χ3n) is 6.20. The predicted molar refractivity (Wildman–Crippen MR) is 132 cm³/mol. The first-order chi connectivity index (χ1) is 16.5. The van der Waals surface area contributed by atoms with E-state index >= 15 is 0 Å². The highest BCUT2D eigenvalue weighted by molar-refractivity contribution is 5.91.